The molecule has 3 rings (SSSR count). The first-order chi connectivity index (χ1) is 12.1. The molecule has 25 heavy (non-hydrogen) atoms. The van der Waals surface area contributed by atoms with Gasteiger partial charge in [0, 0.05) is 19.6 Å². The Hall–Kier alpha value is -1.79. The van der Waals surface area contributed by atoms with Gasteiger partial charge in [0.1, 0.15) is 4.88 Å². The van der Waals surface area contributed by atoms with E-state index in [4.69, 9.17) is 0 Å². The molecule has 0 saturated carbocycles. The Balaban J connectivity index is 1.70. The summed E-state index contributed by atoms with van der Waals surface area (Å²) in [6, 6.07) is 10.4. The maximum atomic E-state index is 13.0. The van der Waals surface area contributed by atoms with Crippen LogP contribution < -0.4 is 0 Å². The second-order valence-corrected chi connectivity index (χ2v) is 7.70. The number of benzene rings is 1. The first-order valence-corrected chi connectivity index (χ1v) is 9.71. The van der Waals surface area contributed by atoms with Crippen LogP contribution in [0.2, 0.25) is 0 Å². The summed E-state index contributed by atoms with van der Waals surface area (Å²) in [7, 11) is 2.17. The predicted octanol–water partition coefficient (Wildman–Crippen LogP) is 2.87. The molecule has 2 aromatic rings. The van der Waals surface area contributed by atoms with E-state index in [0.29, 0.717) is 10.8 Å². The van der Waals surface area contributed by atoms with Gasteiger partial charge in [0.05, 0.1) is 5.69 Å². The van der Waals surface area contributed by atoms with Crippen LogP contribution in [-0.4, -0.2) is 58.5 Å². The number of likely N-dealkylation sites (tertiary alicyclic amines) is 1. The summed E-state index contributed by atoms with van der Waals surface area (Å²) in [4.78, 5) is 18.1. The number of rotatable bonds is 6. The zero-order valence-corrected chi connectivity index (χ0v) is 15.8. The monoisotopic (exact) mass is 358 g/mol. The van der Waals surface area contributed by atoms with Crippen molar-refractivity contribution in [3.63, 3.8) is 0 Å². The summed E-state index contributed by atoms with van der Waals surface area (Å²) >= 11 is 1.21. The van der Waals surface area contributed by atoms with Gasteiger partial charge in [-0.25, -0.2) is 0 Å². The van der Waals surface area contributed by atoms with Crippen LogP contribution in [0.5, 0.6) is 0 Å². The number of amides is 1. The fourth-order valence-electron chi connectivity index (χ4n) is 3.49. The van der Waals surface area contributed by atoms with Crippen LogP contribution in [0.15, 0.2) is 30.3 Å². The Kier molecular flexibility index (Phi) is 6.15. The smallest absolute Gasteiger partial charge is 0.267 e. The lowest BCUT2D eigenvalue weighted by atomic mass is 9.97. The third-order valence-corrected chi connectivity index (χ3v) is 5.66. The Morgan fingerprint density at radius 3 is 2.84 bits per heavy atom. The molecular formula is C19H26N4OS. The molecule has 0 radical (unpaired) electrons. The highest BCUT2D eigenvalue weighted by Gasteiger charge is 2.25. The number of carbonyl (C=O) groups is 1. The van der Waals surface area contributed by atoms with E-state index in [2.05, 4.69) is 45.8 Å². The molecule has 1 saturated heterocycles. The van der Waals surface area contributed by atoms with Crippen LogP contribution >= 0.6 is 11.5 Å². The van der Waals surface area contributed by atoms with E-state index in [1.165, 1.54) is 29.9 Å². The second kappa shape index (κ2) is 8.54. The minimum atomic E-state index is 0.0802. The molecule has 2 heterocycles. The normalized spacial score (nSPS) is 18.2. The van der Waals surface area contributed by atoms with E-state index in [9.17, 15) is 4.79 Å². The zero-order chi connectivity index (χ0) is 17.6. The molecule has 1 unspecified atom stereocenters. The van der Waals surface area contributed by atoms with Crippen LogP contribution in [0.4, 0.5) is 0 Å². The summed E-state index contributed by atoms with van der Waals surface area (Å²) in [6.45, 7) is 5.63. The van der Waals surface area contributed by atoms with Gasteiger partial charge in [0.2, 0.25) is 0 Å². The van der Waals surface area contributed by atoms with Gasteiger partial charge >= 0.3 is 0 Å². The number of aryl methyl sites for hydroxylation is 1. The van der Waals surface area contributed by atoms with E-state index >= 15 is 0 Å². The highest BCUT2D eigenvalue weighted by atomic mass is 32.1. The van der Waals surface area contributed by atoms with Gasteiger partial charge in [-0.05, 0) is 62.8 Å². The second-order valence-electron chi connectivity index (χ2n) is 6.94. The van der Waals surface area contributed by atoms with Gasteiger partial charge < -0.3 is 9.80 Å². The third kappa shape index (κ3) is 4.86. The van der Waals surface area contributed by atoms with Crippen molar-refractivity contribution < 1.29 is 4.79 Å². The standard InChI is InChI=1S/C19H26N4OS/c1-15-18(25-21-20-15)19(24)23(12-10-16-7-4-3-5-8-16)14-17-9-6-11-22(2)13-17/h3-5,7-8,17H,6,9-14H2,1-2H3. The summed E-state index contributed by atoms with van der Waals surface area (Å²) in [5.74, 6) is 0.622. The van der Waals surface area contributed by atoms with Gasteiger partial charge in [-0.1, -0.05) is 34.8 Å². The van der Waals surface area contributed by atoms with Gasteiger partial charge in [-0.2, -0.15) is 0 Å². The molecule has 0 spiro atoms. The van der Waals surface area contributed by atoms with Crippen LogP contribution in [0.3, 0.4) is 0 Å². The zero-order valence-electron chi connectivity index (χ0n) is 15.0. The largest absolute Gasteiger partial charge is 0.337 e. The summed E-state index contributed by atoms with van der Waals surface area (Å²) in [5, 5.41) is 4.01. The lowest BCUT2D eigenvalue weighted by Crippen LogP contribution is -2.42. The highest BCUT2D eigenvalue weighted by Crippen LogP contribution is 2.20. The third-order valence-electron chi connectivity index (χ3n) is 4.85. The van der Waals surface area contributed by atoms with Crippen molar-refractivity contribution in [3.05, 3.63) is 46.5 Å². The molecule has 1 amide bonds. The Morgan fingerprint density at radius 1 is 1.36 bits per heavy atom. The quantitative estimate of drug-likeness (QED) is 0.797. The number of aromatic nitrogens is 2. The number of hydrogen-bond donors (Lipinski definition) is 0. The molecule has 1 atom stereocenters. The molecule has 0 aliphatic carbocycles. The number of hydrogen-bond acceptors (Lipinski definition) is 5. The van der Waals surface area contributed by atoms with E-state index in [1.807, 2.05) is 17.9 Å². The molecule has 1 aliphatic heterocycles. The Labute approximate surface area is 153 Å². The topological polar surface area (TPSA) is 49.3 Å². The molecule has 1 aliphatic rings. The number of piperidine rings is 1. The van der Waals surface area contributed by atoms with Gasteiger partial charge in [-0.3, -0.25) is 4.79 Å². The van der Waals surface area contributed by atoms with Crippen LogP contribution in [0.25, 0.3) is 0 Å². The highest BCUT2D eigenvalue weighted by molar-refractivity contribution is 7.07. The molecule has 1 aromatic carbocycles. The van der Waals surface area contributed by atoms with Crippen molar-refractivity contribution in [2.45, 2.75) is 26.2 Å². The minimum absolute atomic E-state index is 0.0802. The average molecular weight is 359 g/mol. The van der Waals surface area contributed by atoms with E-state index in [1.54, 1.807) is 0 Å². The van der Waals surface area contributed by atoms with E-state index < -0.39 is 0 Å². The van der Waals surface area contributed by atoms with Crippen LogP contribution in [0.1, 0.15) is 33.8 Å². The predicted molar refractivity (Wildman–Crippen MR) is 101 cm³/mol. The van der Waals surface area contributed by atoms with Crippen LogP contribution in [0, 0.1) is 12.8 Å². The SMILES string of the molecule is Cc1nnsc1C(=O)N(CCc1ccccc1)CC1CCCN(C)C1. The molecule has 0 bridgehead atoms. The molecular weight excluding hydrogens is 332 g/mol. The van der Waals surface area contributed by atoms with Gasteiger partial charge in [0.15, 0.2) is 0 Å². The van der Waals surface area contributed by atoms with Crippen molar-refractivity contribution in [1.82, 2.24) is 19.4 Å². The Bertz CT molecular complexity index is 688. The average Bonchev–Trinajstić information content (AvgIpc) is 3.05. The van der Waals surface area contributed by atoms with Gasteiger partial charge in [-0.15, -0.1) is 5.10 Å². The summed E-state index contributed by atoms with van der Waals surface area (Å²) < 4.78 is 3.94. The van der Waals surface area contributed by atoms with Crippen molar-refractivity contribution in [3.8, 4) is 0 Å². The van der Waals surface area contributed by atoms with Gasteiger partial charge in [0.25, 0.3) is 5.91 Å². The van der Waals surface area contributed by atoms with Crippen molar-refractivity contribution in [2.24, 2.45) is 5.92 Å². The first-order valence-electron chi connectivity index (χ1n) is 8.94. The molecule has 1 aromatic heterocycles. The molecule has 134 valence electrons. The molecule has 5 nitrogen and oxygen atoms in total. The summed E-state index contributed by atoms with van der Waals surface area (Å²) in [5.41, 5.74) is 2.00. The summed E-state index contributed by atoms with van der Waals surface area (Å²) in [6.07, 6.45) is 3.28. The minimum Gasteiger partial charge on any atom is -0.337 e. The number of carbonyl (C=O) groups excluding carboxylic acids is 1. The molecule has 6 heteroatoms. The van der Waals surface area contributed by atoms with Crippen molar-refractivity contribution >= 4 is 17.4 Å². The number of nitrogens with zero attached hydrogens (tertiary/aromatic N) is 4. The lowest BCUT2D eigenvalue weighted by Gasteiger charge is -2.33. The molecule has 1 fully saturated rings. The Morgan fingerprint density at radius 2 is 2.16 bits per heavy atom. The van der Waals surface area contributed by atoms with Crippen molar-refractivity contribution in [2.75, 3.05) is 33.2 Å². The first kappa shape index (κ1) is 18.0. The van der Waals surface area contributed by atoms with Crippen molar-refractivity contribution in [1.29, 1.82) is 0 Å². The molecule has 0 N–H and O–H groups in total. The lowest BCUT2D eigenvalue weighted by molar-refractivity contribution is 0.0697. The fourth-order valence-corrected chi connectivity index (χ4v) is 4.11. The maximum absolute atomic E-state index is 13.0. The van der Waals surface area contributed by atoms with E-state index in [-0.39, 0.29) is 5.91 Å². The van der Waals surface area contributed by atoms with Crippen LogP contribution in [-0.2, 0) is 6.42 Å². The van der Waals surface area contributed by atoms with E-state index in [0.717, 1.165) is 38.3 Å². The maximum Gasteiger partial charge on any atom is 0.267 e. The fraction of sp³-hybridized carbons (Fsp3) is 0.526.